The van der Waals surface area contributed by atoms with Gasteiger partial charge < -0.3 is 14.6 Å². The molecule has 0 saturated heterocycles. The second kappa shape index (κ2) is 6.67. The van der Waals surface area contributed by atoms with Crippen LogP contribution in [-0.4, -0.2) is 54.5 Å². The Morgan fingerprint density at radius 1 is 1.12 bits per heavy atom. The number of aliphatic carboxylic acids is 1. The Morgan fingerprint density at radius 3 is 2.20 bits per heavy atom. The lowest BCUT2D eigenvalue weighted by atomic mass is 9.83. The number of carboxylic acid groups (broad SMARTS) is 1. The minimum Gasteiger partial charge on any atom is -0.481 e. The van der Waals surface area contributed by atoms with Gasteiger partial charge in [0.15, 0.2) is 13.2 Å². The third-order valence-electron chi connectivity index (χ3n) is 4.13. The van der Waals surface area contributed by atoms with Gasteiger partial charge in [0.25, 0.3) is 0 Å². The van der Waals surface area contributed by atoms with E-state index in [0.717, 1.165) is 0 Å². The van der Waals surface area contributed by atoms with E-state index >= 15 is 0 Å². The Kier molecular flexibility index (Phi) is 5.14. The van der Waals surface area contributed by atoms with E-state index in [0.29, 0.717) is 6.42 Å². The molecule has 0 aromatic carbocycles. The van der Waals surface area contributed by atoms with Crippen molar-refractivity contribution in [3.63, 3.8) is 0 Å². The van der Waals surface area contributed by atoms with Gasteiger partial charge in [-0.2, -0.15) is 17.2 Å². The van der Waals surface area contributed by atoms with Gasteiger partial charge in [-0.1, -0.05) is 12.2 Å². The second-order valence-corrected chi connectivity index (χ2v) is 7.27. The molecule has 4 unspecified atom stereocenters. The topological polar surface area (TPSA) is 144 Å². The Balaban J connectivity index is 1.87. The molecule has 0 amide bonds. The number of carbonyl (C=O) groups is 3. The van der Waals surface area contributed by atoms with Crippen LogP contribution in [0.4, 0.5) is 8.78 Å². The zero-order valence-electron chi connectivity index (χ0n) is 12.5. The quantitative estimate of drug-likeness (QED) is 0.354. The lowest BCUT2D eigenvalue weighted by Gasteiger charge is -2.22. The summed E-state index contributed by atoms with van der Waals surface area (Å²) in [5, 5.41) is 4.49. The van der Waals surface area contributed by atoms with Gasteiger partial charge in [0.05, 0.1) is 11.8 Å². The molecule has 0 aliphatic heterocycles. The van der Waals surface area contributed by atoms with E-state index < -0.39 is 58.3 Å². The summed E-state index contributed by atoms with van der Waals surface area (Å²) in [4.78, 5) is 34.5. The van der Waals surface area contributed by atoms with Gasteiger partial charge in [0.1, 0.15) is 0 Å². The van der Waals surface area contributed by atoms with Crippen LogP contribution in [0.1, 0.15) is 6.42 Å². The number of ether oxygens (including phenoxy) is 2. The SMILES string of the molecule is O=C(COC(=O)C1C2C=CC(C2)C1C(=O)O)OCC(F)(F)S(=O)(=O)O. The van der Waals surface area contributed by atoms with E-state index in [9.17, 15) is 36.7 Å². The third kappa shape index (κ3) is 3.95. The summed E-state index contributed by atoms with van der Waals surface area (Å²) in [6.07, 6.45) is 3.84. The highest BCUT2D eigenvalue weighted by Crippen LogP contribution is 2.48. The van der Waals surface area contributed by atoms with Gasteiger partial charge in [-0.05, 0) is 18.3 Å². The number of rotatable bonds is 7. The van der Waals surface area contributed by atoms with E-state index in [1.165, 1.54) is 0 Å². The molecule has 4 atom stereocenters. The lowest BCUT2D eigenvalue weighted by molar-refractivity contribution is -0.167. The van der Waals surface area contributed by atoms with Crippen molar-refractivity contribution in [3.8, 4) is 0 Å². The van der Waals surface area contributed by atoms with Crippen molar-refractivity contribution in [3.05, 3.63) is 12.2 Å². The lowest BCUT2D eigenvalue weighted by Crippen LogP contribution is -2.37. The van der Waals surface area contributed by atoms with Gasteiger partial charge >= 0.3 is 33.3 Å². The van der Waals surface area contributed by atoms with Crippen LogP contribution < -0.4 is 0 Å². The molecule has 2 rings (SSSR count). The van der Waals surface area contributed by atoms with Crippen LogP contribution in [0.2, 0.25) is 0 Å². The van der Waals surface area contributed by atoms with Crippen LogP contribution in [0.15, 0.2) is 12.2 Å². The van der Waals surface area contributed by atoms with E-state index in [4.69, 9.17) is 4.55 Å². The zero-order chi connectivity index (χ0) is 19.0. The normalized spacial score (nSPS) is 28.0. The van der Waals surface area contributed by atoms with E-state index in [2.05, 4.69) is 9.47 Å². The summed E-state index contributed by atoms with van der Waals surface area (Å²) in [7, 11) is -5.76. The fraction of sp³-hybridized carbons (Fsp3) is 0.615. The number of halogens is 2. The Morgan fingerprint density at radius 2 is 1.68 bits per heavy atom. The number of allylic oxidation sites excluding steroid dienone is 2. The summed E-state index contributed by atoms with van der Waals surface area (Å²) in [6.45, 7) is -3.04. The maximum atomic E-state index is 12.9. The van der Waals surface area contributed by atoms with E-state index in [1.54, 1.807) is 12.2 Å². The first-order chi connectivity index (χ1) is 11.4. The molecule has 2 bridgehead atoms. The Labute approximate surface area is 140 Å². The molecule has 0 spiro atoms. The predicted octanol–water partition coefficient (Wildman–Crippen LogP) is 0.0763. The van der Waals surface area contributed by atoms with Crippen molar-refractivity contribution >= 4 is 28.0 Å². The summed E-state index contributed by atoms with van der Waals surface area (Å²) in [6, 6.07) is 0. The molecule has 1 saturated carbocycles. The molecule has 0 heterocycles. The fourth-order valence-electron chi connectivity index (χ4n) is 2.99. The van der Waals surface area contributed by atoms with Crippen LogP contribution in [0.3, 0.4) is 0 Å². The molecule has 2 N–H and O–H groups in total. The van der Waals surface area contributed by atoms with E-state index in [1.807, 2.05) is 0 Å². The van der Waals surface area contributed by atoms with Crippen molar-refractivity contribution in [2.75, 3.05) is 13.2 Å². The van der Waals surface area contributed by atoms with E-state index in [-0.39, 0.29) is 11.8 Å². The van der Waals surface area contributed by atoms with Gasteiger partial charge in [-0.25, -0.2) is 4.79 Å². The van der Waals surface area contributed by atoms with Crippen molar-refractivity contribution in [2.45, 2.75) is 11.7 Å². The van der Waals surface area contributed by atoms with Crippen LogP contribution in [0, 0.1) is 23.7 Å². The molecular weight excluding hydrogens is 370 g/mol. The summed E-state index contributed by atoms with van der Waals surface area (Å²) < 4.78 is 63.3. The second-order valence-electron chi connectivity index (χ2n) is 5.72. The average Bonchev–Trinajstić information content (AvgIpc) is 3.10. The maximum Gasteiger partial charge on any atom is 0.402 e. The van der Waals surface area contributed by atoms with Crippen LogP contribution in [0.25, 0.3) is 0 Å². The predicted molar refractivity (Wildman–Crippen MR) is 73.8 cm³/mol. The number of carboxylic acids is 1. The fourth-order valence-corrected chi connectivity index (χ4v) is 3.20. The summed E-state index contributed by atoms with van der Waals surface area (Å²) in [5.41, 5.74) is 0. The molecule has 12 heteroatoms. The van der Waals surface area contributed by atoms with Crippen molar-refractivity contribution in [1.82, 2.24) is 0 Å². The molecule has 2 aliphatic rings. The minimum absolute atomic E-state index is 0.319. The summed E-state index contributed by atoms with van der Waals surface area (Å²) in [5.74, 6) is -6.31. The molecule has 1 fully saturated rings. The number of hydrogen-bond donors (Lipinski definition) is 2. The monoisotopic (exact) mass is 384 g/mol. The largest absolute Gasteiger partial charge is 0.481 e. The van der Waals surface area contributed by atoms with Crippen molar-refractivity contribution in [2.24, 2.45) is 23.7 Å². The van der Waals surface area contributed by atoms with Gasteiger partial charge in [0.2, 0.25) is 0 Å². The number of carbonyl (C=O) groups excluding carboxylic acids is 2. The molecule has 0 aromatic rings. The van der Waals surface area contributed by atoms with Crippen LogP contribution in [-0.2, 0) is 34.0 Å². The minimum atomic E-state index is -5.76. The van der Waals surface area contributed by atoms with Crippen LogP contribution in [0.5, 0.6) is 0 Å². The number of esters is 2. The summed E-state index contributed by atoms with van der Waals surface area (Å²) >= 11 is 0. The first-order valence-electron chi connectivity index (χ1n) is 7.02. The highest BCUT2D eigenvalue weighted by atomic mass is 32.2. The highest BCUT2D eigenvalue weighted by molar-refractivity contribution is 7.86. The Bertz CT molecular complexity index is 715. The van der Waals surface area contributed by atoms with Crippen molar-refractivity contribution < 1.29 is 50.7 Å². The first kappa shape index (κ1) is 19.2. The molecule has 0 radical (unpaired) electrons. The molecule has 9 nitrogen and oxygen atoms in total. The van der Waals surface area contributed by atoms with Crippen LogP contribution >= 0.6 is 0 Å². The molecular formula is C13H14F2O9S. The number of alkyl halides is 2. The number of fused-ring (bicyclic) bond motifs is 2. The van der Waals surface area contributed by atoms with Gasteiger partial charge in [0, 0.05) is 0 Å². The Hall–Kier alpha value is -2.08. The van der Waals surface area contributed by atoms with Crippen molar-refractivity contribution in [1.29, 1.82) is 0 Å². The standard InChI is InChI=1S/C13H14F2O9S/c14-13(15,25(20,21)22)5-24-8(16)4-23-12(19)10-7-2-1-6(3-7)9(10)11(17)18/h1-2,6-7,9-10H,3-5H2,(H,17,18)(H,20,21,22). The van der Waals surface area contributed by atoms with Gasteiger partial charge in [-0.15, -0.1) is 0 Å². The third-order valence-corrected chi connectivity index (χ3v) is 5.00. The number of hydrogen-bond acceptors (Lipinski definition) is 7. The average molecular weight is 384 g/mol. The van der Waals surface area contributed by atoms with Gasteiger partial charge in [-0.3, -0.25) is 14.1 Å². The molecule has 2 aliphatic carbocycles. The molecule has 25 heavy (non-hydrogen) atoms. The zero-order valence-corrected chi connectivity index (χ0v) is 13.3. The first-order valence-corrected chi connectivity index (χ1v) is 8.46. The molecule has 140 valence electrons. The highest BCUT2D eigenvalue weighted by Gasteiger charge is 2.52. The maximum absolute atomic E-state index is 12.9. The molecule has 0 aromatic heterocycles. The smallest absolute Gasteiger partial charge is 0.402 e.